The van der Waals surface area contributed by atoms with Crippen LogP contribution in [0.1, 0.15) is 29.8 Å². The van der Waals surface area contributed by atoms with Crippen molar-refractivity contribution >= 4 is 27.2 Å². The second-order valence-electron chi connectivity index (χ2n) is 9.16. The van der Waals surface area contributed by atoms with Crippen LogP contribution in [0.3, 0.4) is 0 Å². The number of rotatable bonds is 6. The van der Waals surface area contributed by atoms with Crippen molar-refractivity contribution in [2.24, 2.45) is 0 Å². The van der Waals surface area contributed by atoms with Crippen molar-refractivity contribution in [1.82, 2.24) is 9.88 Å². The van der Waals surface area contributed by atoms with E-state index in [1.165, 1.54) is 12.1 Å². The summed E-state index contributed by atoms with van der Waals surface area (Å²) in [5.41, 5.74) is -3.56. The molecule has 0 spiro atoms. The first kappa shape index (κ1) is 25.6. The smallest absolute Gasteiger partial charge is 0.357 e. The van der Waals surface area contributed by atoms with Crippen LogP contribution in [0.2, 0.25) is 0 Å². The predicted octanol–water partition coefficient (Wildman–Crippen LogP) is 4.69. The number of aromatic nitrogens is 1. The molecule has 0 radical (unpaired) electrons. The fourth-order valence-electron chi connectivity index (χ4n) is 4.06. The van der Waals surface area contributed by atoms with Gasteiger partial charge in [-0.2, -0.15) is 13.2 Å². The Morgan fingerprint density at radius 1 is 1.06 bits per heavy atom. The van der Waals surface area contributed by atoms with Crippen LogP contribution in [0.4, 0.5) is 24.7 Å². The van der Waals surface area contributed by atoms with Gasteiger partial charge in [0.2, 0.25) is 0 Å². The minimum atomic E-state index is -5.39. The van der Waals surface area contributed by atoms with Crippen LogP contribution in [0.25, 0.3) is 0 Å². The molecule has 1 aliphatic heterocycles. The molecule has 3 aromatic rings. The van der Waals surface area contributed by atoms with Crippen LogP contribution in [0.15, 0.2) is 77.8 Å². The summed E-state index contributed by atoms with van der Waals surface area (Å²) in [5, 5.41) is 2.80. The van der Waals surface area contributed by atoms with Gasteiger partial charge in [0.1, 0.15) is 5.82 Å². The van der Waals surface area contributed by atoms with Gasteiger partial charge < -0.3 is 10.2 Å². The van der Waals surface area contributed by atoms with Gasteiger partial charge in [0, 0.05) is 36.1 Å². The molecule has 0 unspecified atom stereocenters. The molecule has 0 bridgehead atoms. The largest absolute Gasteiger partial charge is 0.501 e. The summed E-state index contributed by atoms with van der Waals surface area (Å²) in [7, 11) is -5.39. The summed E-state index contributed by atoms with van der Waals surface area (Å²) in [4.78, 5) is 20.1. The Morgan fingerprint density at radius 3 is 2.36 bits per heavy atom. The quantitative estimate of drug-likeness (QED) is 0.510. The lowest BCUT2D eigenvalue weighted by Gasteiger charge is -2.29. The second-order valence-corrected chi connectivity index (χ2v) is 11.1. The molecule has 0 aliphatic carbocycles. The molecule has 1 fully saturated rings. The van der Waals surface area contributed by atoms with E-state index in [-0.39, 0.29) is 11.4 Å². The van der Waals surface area contributed by atoms with Crippen molar-refractivity contribution in [2.45, 2.75) is 36.3 Å². The number of halogens is 3. The maximum Gasteiger partial charge on any atom is 0.501 e. The zero-order valence-electron chi connectivity index (χ0n) is 19.7. The average Bonchev–Trinajstić information content (AvgIpc) is 3.13. The maximum atomic E-state index is 12.8. The Kier molecular flexibility index (Phi) is 6.80. The number of anilines is 2. The molecule has 0 atom stereocenters. The molecule has 1 aromatic heterocycles. The van der Waals surface area contributed by atoms with Crippen LogP contribution < -0.4 is 10.2 Å². The highest BCUT2D eigenvalue weighted by Gasteiger charge is 2.47. The Bertz CT molecular complexity index is 1340. The summed E-state index contributed by atoms with van der Waals surface area (Å²) in [5.74, 6) is 0.167. The van der Waals surface area contributed by atoms with Gasteiger partial charge >= 0.3 is 5.51 Å². The lowest BCUT2D eigenvalue weighted by Crippen LogP contribution is -2.39. The lowest BCUT2D eigenvalue weighted by atomic mass is 10.0. The number of sulfone groups is 1. The van der Waals surface area contributed by atoms with E-state index in [1.54, 1.807) is 36.5 Å². The van der Waals surface area contributed by atoms with Crippen molar-refractivity contribution < 1.29 is 26.4 Å². The molecule has 2 heterocycles. The normalized spacial score (nSPS) is 16.2. The Balaban J connectivity index is 1.46. The topological polar surface area (TPSA) is 82.6 Å². The maximum absolute atomic E-state index is 12.8. The lowest BCUT2D eigenvalue weighted by molar-refractivity contribution is -0.0436. The van der Waals surface area contributed by atoms with E-state index in [9.17, 15) is 26.4 Å². The van der Waals surface area contributed by atoms with E-state index in [2.05, 4.69) is 29.0 Å². The average molecular weight is 519 g/mol. The fourth-order valence-corrected chi connectivity index (χ4v) is 4.82. The highest BCUT2D eigenvalue weighted by Crippen LogP contribution is 2.34. The molecule has 36 heavy (non-hydrogen) atoms. The number of nitrogens with zero attached hydrogens (tertiary/aromatic N) is 3. The van der Waals surface area contributed by atoms with E-state index < -0.39 is 20.2 Å². The first-order chi connectivity index (χ1) is 16.9. The monoisotopic (exact) mass is 518 g/mol. The van der Waals surface area contributed by atoms with Gasteiger partial charge in [-0.3, -0.25) is 9.69 Å². The third-order valence-corrected chi connectivity index (χ3v) is 7.57. The molecule has 2 aromatic carbocycles. The molecule has 1 aliphatic rings. The summed E-state index contributed by atoms with van der Waals surface area (Å²) in [6.45, 7) is 5.71. The van der Waals surface area contributed by atoms with Crippen LogP contribution in [-0.4, -0.2) is 48.5 Å². The molecule has 11 heteroatoms. The van der Waals surface area contributed by atoms with E-state index in [4.69, 9.17) is 0 Å². The van der Waals surface area contributed by atoms with Gasteiger partial charge in [0.05, 0.1) is 11.6 Å². The third kappa shape index (κ3) is 5.36. The van der Waals surface area contributed by atoms with Gasteiger partial charge in [0.15, 0.2) is 0 Å². The number of benzene rings is 2. The Labute approximate surface area is 207 Å². The number of carbonyl (C=O) groups is 1. The molecule has 1 saturated heterocycles. The van der Waals surface area contributed by atoms with Crippen LogP contribution in [0, 0.1) is 0 Å². The van der Waals surface area contributed by atoms with Crippen molar-refractivity contribution in [3.8, 4) is 0 Å². The summed E-state index contributed by atoms with van der Waals surface area (Å²) < 4.78 is 61.8. The van der Waals surface area contributed by atoms with Gasteiger partial charge in [-0.25, -0.2) is 13.4 Å². The highest BCUT2D eigenvalue weighted by atomic mass is 32.2. The summed E-state index contributed by atoms with van der Waals surface area (Å²) >= 11 is 0. The number of hydrogen-bond acceptors (Lipinski definition) is 6. The molecule has 1 amide bonds. The predicted molar refractivity (Wildman–Crippen MR) is 130 cm³/mol. The fraction of sp³-hybridized carbons (Fsp3) is 0.280. The van der Waals surface area contributed by atoms with Crippen molar-refractivity contribution in [3.63, 3.8) is 0 Å². The number of alkyl halides is 3. The molecular formula is C25H25F3N4O3S. The summed E-state index contributed by atoms with van der Waals surface area (Å²) in [6.07, 6.45) is 1.62. The van der Waals surface area contributed by atoms with Crippen LogP contribution in [0.5, 0.6) is 0 Å². The SMILES string of the molecule is CC1(C)CN(c2ccc(S(=O)(=O)C(F)(F)F)cc2)CN1Cc1ccnc(NC(=O)c2ccccc2)c1. The Hall–Kier alpha value is -3.44. The zero-order valence-corrected chi connectivity index (χ0v) is 20.5. The number of carbonyl (C=O) groups excluding carboxylic acids is 1. The van der Waals surface area contributed by atoms with E-state index >= 15 is 0 Å². The van der Waals surface area contributed by atoms with E-state index in [0.717, 1.165) is 17.7 Å². The summed E-state index contributed by atoms with van der Waals surface area (Å²) in [6, 6.07) is 17.2. The first-order valence-electron chi connectivity index (χ1n) is 11.1. The van der Waals surface area contributed by atoms with E-state index in [0.29, 0.717) is 36.8 Å². The highest BCUT2D eigenvalue weighted by molar-refractivity contribution is 7.92. The van der Waals surface area contributed by atoms with Crippen molar-refractivity contribution in [2.75, 3.05) is 23.4 Å². The number of pyridine rings is 1. The minimum Gasteiger partial charge on any atom is -0.357 e. The molecule has 7 nitrogen and oxygen atoms in total. The van der Waals surface area contributed by atoms with Crippen molar-refractivity contribution in [1.29, 1.82) is 0 Å². The van der Waals surface area contributed by atoms with Gasteiger partial charge in [-0.1, -0.05) is 18.2 Å². The molecular weight excluding hydrogens is 493 g/mol. The standard InChI is InChI=1S/C25H25F3N4O3S/c1-24(2)16-31(20-8-10-21(11-9-20)36(34,35)25(26,27)28)17-32(24)15-18-12-13-29-22(14-18)30-23(33)19-6-4-3-5-7-19/h3-14H,15-17H2,1-2H3,(H,29,30,33). The molecule has 190 valence electrons. The van der Waals surface area contributed by atoms with Gasteiger partial charge in [-0.05, 0) is 67.9 Å². The van der Waals surface area contributed by atoms with Gasteiger partial charge in [-0.15, -0.1) is 0 Å². The zero-order chi connectivity index (χ0) is 26.1. The number of nitrogens with one attached hydrogen (secondary N) is 1. The van der Waals surface area contributed by atoms with Crippen LogP contribution in [-0.2, 0) is 16.4 Å². The molecule has 4 rings (SSSR count). The first-order valence-corrected chi connectivity index (χ1v) is 12.6. The second kappa shape index (κ2) is 9.55. The third-order valence-electron chi connectivity index (χ3n) is 6.07. The molecule has 0 saturated carbocycles. The van der Waals surface area contributed by atoms with Crippen molar-refractivity contribution in [3.05, 3.63) is 84.1 Å². The minimum absolute atomic E-state index is 0.260. The number of amides is 1. The molecule has 1 N–H and O–H groups in total. The van der Waals surface area contributed by atoms with E-state index in [1.807, 2.05) is 17.0 Å². The Morgan fingerprint density at radius 2 is 1.72 bits per heavy atom. The van der Waals surface area contributed by atoms with Crippen LogP contribution >= 0.6 is 0 Å². The number of hydrogen-bond donors (Lipinski definition) is 1. The van der Waals surface area contributed by atoms with Gasteiger partial charge in [0.25, 0.3) is 15.7 Å².